The van der Waals surface area contributed by atoms with Gasteiger partial charge in [0, 0.05) is 16.6 Å². The Morgan fingerprint density at radius 1 is 1.32 bits per heavy atom. The lowest BCUT2D eigenvalue weighted by Crippen LogP contribution is -2.22. The van der Waals surface area contributed by atoms with Crippen LogP contribution in [0.2, 0.25) is 0 Å². The number of nitrogens with zero attached hydrogens (tertiary/aromatic N) is 1. The molecule has 1 aromatic heterocycles. The predicted octanol–water partition coefficient (Wildman–Crippen LogP) is 2.38. The van der Waals surface area contributed by atoms with E-state index >= 15 is 0 Å². The lowest BCUT2D eigenvalue weighted by molar-refractivity contribution is 0.0950. The van der Waals surface area contributed by atoms with Gasteiger partial charge in [-0.15, -0.1) is 11.3 Å². The van der Waals surface area contributed by atoms with Gasteiger partial charge in [-0.05, 0) is 31.2 Å². The van der Waals surface area contributed by atoms with E-state index in [-0.39, 0.29) is 12.1 Å². The van der Waals surface area contributed by atoms with E-state index in [0.29, 0.717) is 0 Å². The minimum absolute atomic E-state index is 0.182. The molecule has 22 heavy (non-hydrogen) atoms. The molecule has 0 aliphatic heterocycles. The molecule has 0 saturated heterocycles. The van der Waals surface area contributed by atoms with Gasteiger partial charge >= 0.3 is 5.76 Å². The van der Waals surface area contributed by atoms with Crippen LogP contribution in [-0.2, 0) is 16.4 Å². The summed E-state index contributed by atoms with van der Waals surface area (Å²) in [6.07, 6.45) is 0. The first-order valence-electron chi connectivity index (χ1n) is 6.12. The minimum Gasteiger partial charge on any atom is -0.346 e. The normalized spacial score (nSPS) is 11.6. The number of carbonyl (C=O) groups excluding carboxylic acids is 1. The maximum absolute atomic E-state index is 12.4. The third kappa shape index (κ3) is 3.66. The molecule has 1 N–H and O–H groups in total. The SMILES string of the molecule is Cc1csc(CNC(=O)c2ccc(S(=O)(=O)C(F)F)cc2)n1. The van der Waals surface area contributed by atoms with Crippen molar-refractivity contribution in [2.45, 2.75) is 24.1 Å². The zero-order valence-corrected chi connectivity index (χ0v) is 13.0. The zero-order chi connectivity index (χ0) is 16.3. The third-order valence-corrected chi connectivity index (χ3v) is 5.11. The Balaban J connectivity index is 2.05. The number of thiazole rings is 1. The van der Waals surface area contributed by atoms with Crippen molar-refractivity contribution < 1.29 is 22.0 Å². The van der Waals surface area contributed by atoms with Crippen LogP contribution in [-0.4, -0.2) is 25.1 Å². The Morgan fingerprint density at radius 3 is 2.45 bits per heavy atom. The molecule has 0 radical (unpaired) electrons. The smallest absolute Gasteiger partial charge is 0.341 e. The quantitative estimate of drug-likeness (QED) is 0.902. The van der Waals surface area contributed by atoms with Crippen molar-refractivity contribution in [1.82, 2.24) is 10.3 Å². The molecule has 2 rings (SSSR count). The van der Waals surface area contributed by atoms with Gasteiger partial charge < -0.3 is 5.32 Å². The van der Waals surface area contributed by atoms with Crippen molar-refractivity contribution in [1.29, 1.82) is 0 Å². The summed E-state index contributed by atoms with van der Waals surface area (Å²) in [4.78, 5) is 15.6. The molecule has 9 heteroatoms. The lowest BCUT2D eigenvalue weighted by atomic mass is 10.2. The number of benzene rings is 1. The number of amides is 1. The molecule has 1 aromatic carbocycles. The average molecular weight is 346 g/mol. The van der Waals surface area contributed by atoms with Crippen LogP contribution >= 0.6 is 11.3 Å². The summed E-state index contributed by atoms with van der Waals surface area (Å²) in [7, 11) is -4.65. The standard InChI is InChI=1S/C13H12F2N2O3S2/c1-8-7-21-11(17-8)6-16-12(18)9-2-4-10(5-3-9)22(19,20)13(14)15/h2-5,7,13H,6H2,1H3,(H,16,18). The van der Waals surface area contributed by atoms with Crippen molar-refractivity contribution >= 4 is 27.1 Å². The molecule has 0 atom stereocenters. The van der Waals surface area contributed by atoms with E-state index in [0.717, 1.165) is 22.8 Å². The second-order valence-electron chi connectivity index (χ2n) is 4.40. The fraction of sp³-hybridized carbons (Fsp3) is 0.231. The Bertz CT molecular complexity index is 771. The highest BCUT2D eigenvalue weighted by Gasteiger charge is 2.26. The first kappa shape index (κ1) is 16.5. The monoisotopic (exact) mass is 346 g/mol. The number of rotatable bonds is 5. The van der Waals surface area contributed by atoms with Crippen LogP contribution < -0.4 is 5.32 Å². The van der Waals surface area contributed by atoms with E-state index in [2.05, 4.69) is 10.3 Å². The van der Waals surface area contributed by atoms with Crippen LogP contribution in [0.15, 0.2) is 34.5 Å². The van der Waals surface area contributed by atoms with Gasteiger partial charge in [0.2, 0.25) is 9.84 Å². The molecule has 0 aliphatic rings. The fourth-order valence-electron chi connectivity index (χ4n) is 1.64. The molecule has 118 valence electrons. The summed E-state index contributed by atoms with van der Waals surface area (Å²) in [5, 5.41) is 5.21. The van der Waals surface area contributed by atoms with Crippen LogP contribution in [0.4, 0.5) is 8.78 Å². The van der Waals surface area contributed by atoms with E-state index in [1.165, 1.54) is 23.5 Å². The van der Waals surface area contributed by atoms with Gasteiger partial charge in [0.05, 0.1) is 11.4 Å². The molecule has 5 nitrogen and oxygen atoms in total. The molecule has 0 unspecified atom stereocenters. The van der Waals surface area contributed by atoms with Gasteiger partial charge in [-0.2, -0.15) is 8.78 Å². The van der Waals surface area contributed by atoms with Crippen molar-refractivity contribution in [2.75, 3.05) is 0 Å². The fourth-order valence-corrected chi connectivity index (χ4v) is 3.07. The van der Waals surface area contributed by atoms with E-state index in [1.54, 1.807) is 0 Å². The number of hydrogen-bond donors (Lipinski definition) is 1. The molecular weight excluding hydrogens is 334 g/mol. The van der Waals surface area contributed by atoms with E-state index in [1.807, 2.05) is 12.3 Å². The van der Waals surface area contributed by atoms with Crippen LogP contribution in [0, 0.1) is 6.92 Å². The average Bonchev–Trinajstić information content (AvgIpc) is 2.90. The Hall–Kier alpha value is -1.87. The second-order valence-corrected chi connectivity index (χ2v) is 7.26. The number of aromatic nitrogens is 1. The highest BCUT2D eigenvalue weighted by atomic mass is 32.2. The minimum atomic E-state index is -4.65. The van der Waals surface area contributed by atoms with Gasteiger partial charge in [-0.3, -0.25) is 4.79 Å². The molecule has 0 spiro atoms. The Labute approximate surface area is 129 Å². The largest absolute Gasteiger partial charge is 0.346 e. The Kier molecular flexibility index (Phi) is 4.87. The molecule has 1 amide bonds. The summed E-state index contributed by atoms with van der Waals surface area (Å²) in [6.45, 7) is 2.08. The lowest BCUT2D eigenvalue weighted by Gasteiger charge is -2.05. The molecule has 1 heterocycles. The third-order valence-electron chi connectivity index (χ3n) is 2.75. The Morgan fingerprint density at radius 2 is 1.95 bits per heavy atom. The highest BCUT2D eigenvalue weighted by Crippen LogP contribution is 2.18. The molecule has 0 saturated carbocycles. The van der Waals surface area contributed by atoms with Crippen LogP contribution in [0.1, 0.15) is 21.1 Å². The summed E-state index contributed by atoms with van der Waals surface area (Å²) in [6, 6.07) is 4.36. The summed E-state index contributed by atoms with van der Waals surface area (Å²) < 4.78 is 47.3. The van der Waals surface area contributed by atoms with Gasteiger partial charge in [0.25, 0.3) is 5.91 Å². The number of hydrogen-bond acceptors (Lipinski definition) is 5. The van der Waals surface area contributed by atoms with Crippen molar-refractivity contribution in [2.24, 2.45) is 0 Å². The van der Waals surface area contributed by atoms with Gasteiger partial charge in [0.1, 0.15) is 5.01 Å². The summed E-state index contributed by atoms with van der Waals surface area (Å²) in [5.41, 5.74) is 1.04. The second kappa shape index (κ2) is 6.49. The number of sulfone groups is 1. The van der Waals surface area contributed by atoms with Gasteiger partial charge in [0.15, 0.2) is 0 Å². The first-order valence-corrected chi connectivity index (χ1v) is 8.54. The van der Waals surface area contributed by atoms with Crippen LogP contribution in [0.25, 0.3) is 0 Å². The first-order chi connectivity index (χ1) is 10.3. The predicted molar refractivity (Wildman–Crippen MR) is 77.7 cm³/mol. The van der Waals surface area contributed by atoms with Gasteiger partial charge in [-0.25, -0.2) is 13.4 Å². The number of aryl methyl sites for hydroxylation is 1. The van der Waals surface area contributed by atoms with E-state index in [9.17, 15) is 22.0 Å². The highest BCUT2D eigenvalue weighted by molar-refractivity contribution is 7.91. The van der Waals surface area contributed by atoms with Crippen LogP contribution in [0.5, 0.6) is 0 Å². The summed E-state index contributed by atoms with van der Waals surface area (Å²) in [5.74, 6) is -3.92. The topological polar surface area (TPSA) is 76.1 Å². The number of nitrogens with one attached hydrogen (secondary N) is 1. The van der Waals surface area contributed by atoms with E-state index in [4.69, 9.17) is 0 Å². The molecule has 0 fully saturated rings. The maximum Gasteiger partial charge on any atom is 0.341 e. The molecule has 0 bridgehead atoms. The zero-order valence-electron chi connectivity index (χ0n) is 11.4. The molecule has 2 aromatic rings. The van der Waals surface area contributed by atoms with E-state index < -0.39 is 26.4 Å². The van der Waals surface area contributed by atoms with Gasteiger partial charge in [-0.1, -0.05) is 0 Å². The van der Waals surface area contributed by atoms with Crippen molar-refractivity contribution in [3.05, 3.63) is 45.9 Å². The van der Waals surface area contributed by atoms with Crippen molar-refractivity contribution in [3.63, 3.8) is 0 Å². The molecule has 0 aliphatic carbocycles. The number of halogens is 2. The van der Waals surface area contributed by atoms with Crippen LogP contribution in [0.3, 0.4) is 0 Å². The van der Waals surface area contributed by atoms with Crippen molar-refractivity contribution in [3.8, 4) is 0 Å². The maximum atomic E-state index is 12.4. The summed E-state index contributed by atoms with van der Waals surface area (Å²) >= 11 is 1.41. The molecular formula is C13H12F2N2O3S2. The number of alkyl halides is 2. The number of carbonyl (C=O) groups is 1.